The Hall–Kier alpha value is -0.120. The van der Waals surface area contributed by atoms with E-state index >= 15 is 0 Å². The van der Waals surface area contributed by atoms with Crippen LogP contribution in [0.4, 0.5) is 0 Å². The Morgan fingerprint density at radius 3 is 2.65 bits per heavy atom. The lowest BCUT2D eigenvalue weighted by Crippen LogP contribution is -2.48. The van der Waals surface area contributed by atoms with Crippen LogP contribution in [0, 0.1) is 0 Å². The average Bonchev–Trinajstić information content (AvgIpc) is 2.87. The number of hydrogen-bond acceptors (Lipinski definition) is 3. The topological polar surface area (TPSA) is 24.5 Å². The van der Waals surface area contributed by atoms with E-state index in [-0.39, 0.29) is 5.60 Å². The Morgan fingerprint density at radius 1 is 1.29 bits per heavy atom. The molecule has 0 aromatic rings. The zero-order chi connectivity index (χ0) is 12.3. The number of ether oxygens (including phenoxy) is 1. The molecule has 2 saturated heterocycles. The second-order valence-electron chi connectivity index (χ2n) is 5.65. The number of nitrogens with one attached hydrogen (secondary N) is 1. The minimum atomic E-state index is 0.167. The fourth-order valence-corrected chi connectivity index (χ4v) is 3.41. The number of nitrogens with zero attached hydrogens (tertiary/aromatic N) is 1. The highest BCUT2D eigenvalue weighted by molar-refractivity contribution is 4.92. The van der Waals surface area contributed by atoms with Crippen molar-refractivity contribution in [3.05, 3.63) is 0 Å². The standard InChI is InChI=1S/C14H28N2O/c1-4-14(5-2)10-13(7-9-17-14)16-8-6-12(11-16)15-3/h12-13,15H,4-11H2,1-3H3. The molecule has 3 heteroatoms. The summed E-state index contributed by atoms with van der Waals surface area (Å²) in [5.74, 6) is 0. The summed E-state index contributed by atoms with van der Waals surface area (Å²) in [4.78, 5) is 2.68. The van der Waals surface area contributed by atoms with E-state index in [1.807, 2.05) is 0 Å². The van der Waals surface area contributed by atoms with E-state index in [2.05, 4.69) is 31.1 Å². The maximum absolute atomic E-state index is 6.06. The van der Waals surface area contributed by atoms with Gasteiger partial charge in [-0.05, 0) is 39.2 Å². The molecule has 0 amide bonds. The van der Waals surface area contributed by atoms with Gasteiger partial charge in [0, 0.05) is 31.8 Å². The number of rotatable bonds is 4. The monoisotopic (exact) mass is 240 g/mol. The van der Waals surface area contributed by atoms with Crippen LogP contribution in [0.2, 0.25) is 0 Å². The molecule has 100 valence electrons. The average molecular weight is 240 g/mol. The Kier molecular flexibility index (Phi) is 4.45. The molecule has 0 aliphatic carbocycles. The largest absolute Gasteiger partial charge is 0.375 e. The SMILES string of the molecule is CCC1(CC)CC(N2CCC(NC)C2)CCO1. The summed E-state index contributed by atoms with van der Waals surface area (Å²) in [7, 11) is 2.08. The van der Waals surface area contributed by atoms with Gasteiger partial charge in [0.25, 0.3) is 0 Å². The van der Waals surface area contributed by atoms with Gasteiger partial charge in [-0.1, -0.05) is 13.8 Å². The maximum atomic E-state index is 6.06. The number of hydrogen-bond donors (Lipinski definition) is 1. The molecule has 2 atom stereocenters. The first-order valence-electron chi connectivity index (χ1n) is 7.28. The van der Waals surface area contributed by atoms with Crippen molar-refractivity contribution in [2.75, 3.05) is 26.7 Å². The molecule has 0 saturated carbocycles. The van der Waals surface area contributed by atoms with E-state index in [1.165, 1.54) is 32.4 Å². The van der Waals surface area contributed by atoms with E-state index in [4.69, 9.17) is 4.74 Å². The summed E-state index contributed by atoms with van der Waals surface area (Å²) in [6, 6.07) is 1.46. The first-order valence-corrected chi connectivity index (χ1v) is 7.28. The third-order valence-corrected chi connectivity index (χ3v) is 4.90. The van der Waals surface area contributed by atoms with Crippen LogP contribution in [0.3, 0.4) is 0 Å². The van der Waals surface area contributed by atoms with Gasteiger partial charge in [0.1, 0.15) is 0 Å². The molecule has 0 aromatic carbocycles. The summed E-state index contributed by atoms with van der Waals surface area (Å²) >= 11 is 0. The predicted octanol–water partition coefficient (Wildman–Crippen LogP) is 2.02. The summed E-state index contributed by atoms with van der Waals surface area (Å²) in [5, 5.41) is 3.41. The van der Waals surface area contributed by atoms with E-state index in [0.29, 0.717) is 6.04 Å². The van der Waals surface area contributed by atoms with Crippen LogP contribution < -0.4 is 5.32 Å². The molecular weight excluding hydrogens is 212 g/mol. The molecule has 2 unspecified atom stereocenters. The van der Waals surface area contributed by atoms with Crippen molar-refractivity contribution in [2.24, 2.45) is 0 Å². The molecule has 0 aromatic heterocycles. The van der Waals surface area contributed by atoms with Gasteiger partial charge < -0.3 is 10.1 Å². The van der Waals surface area contributed by atoms with Gasteiger partial charge >= 0.3 is 0 Å². The normalized spacial score (nSPS) is 34.1. The van der Waals surface area contributed by atoms with Crippen LogP contribution >= 0.6 is 0 Å². The lowest BCUT2D eigenvalue weighted by atomic mass is 9.85. The number of likely N-dealkylation sites (tertiary alicyclic amines) is 1. The quantitative estimate of drug-likeness (QED) is 0.813. The third kappa shape index (κ3) is 2.83. The van der Waals surface area contributed by atoms with Crippen molar-refractivity contribution in [3.8, 4) is 0 Å². The molecule has 17 heavy (non-hydrogen) atoms. The Bertz CT molecular complexity index is 240. The molecule has 2 aliphatic heterocycles. The van der Waals surface area contributed by atoms with Crippen molar-refractivity contribution >= 4 is 0 Å². The van der Waals surface area contributed by atoms with Gasteiger partial charge in [0.2, 0.25) is 0 Å². The molecule has 3 nitrogen and oxygen atoms in total. The van der Waals surface area contributed by atoms with Gasteiger partial charge in [-0.15, -0.1) is 0 Å². The Morgan fingerprint density at radius 2 is 2.06 bits per heavy atom. The van der Waals surface area contributed by atoms with Crippen LogP contribution in [0.1, 0.15) is 46.0 Å². The summed E-state index contributed by atoms with van der Waals surface area (Å²) in [6.45, 7) is 7.98. The van der Waals surface area contributed by atoms with Crippen molar-refractivity contribution in [1.29, 1.82) is 0 Å². The molecule has 2 heterocycles. The molecule has 2 fully saturated rings. The fourth-order valence-electron chi connectivity index (χ4n) is 3.41. The molecule has 2 rings (SSSR count). The smallest absolute Gasteiger partial charge is 0.0692 e. The molecule has 2 aliphatic rings. The van der Waals surface area contributed by atoms with Crippen molar-refractivity contribution in [3.63, 3.8) is 0 Å². The minimum Gasteiger partial charge on any atom is -0.375 e. The minimum absolute atomic E-state index is 0.167. The molecular formula is C14H28N2O. The zero-order valence-corrected chi connectivity index (χ0v) is 11.7. The molecule has 0 radical (unpaired) electrons. The van der Waals surface area contributed by atoms with Gasteiger partial charge in [0.05, 0.1) is 5.60 Å². The zero-order valence-electron chi connectivity index (χ0n) is 11.7. The second-order valence-corrected chi connectivity index (χ2v) is 5.65. The lowest BCUT2D eigenvalue weighted by Gasteiger charge is -2.43. The summed E-state index contributed by atoms with van der Waals surface area (Å²) in [6.07, 6.45) is 6.07. The van der Waals surface area contributed by atoms with Crippen LogP contribution in [-0.2, 0) is 4.74 Å². The Labute approximate surface area is 106 Å². The summed E-state index contributed by atoms with van der Waals surface area (Å²) in [5.41, 5.74) is 0.167. The van der Waals surface area contributed by atoms with E-state index in [1.54, 1.807) is 0 Å². The van der Waals surface area contributed by atoms with Gasteiger partial charge in [0.15, 0.2) is 0 Å². The highest BCUT2D eigenvalue weighted by Crippen LogP contribution is 2.34. The highest BCUT2D eigenvalue weighted by atomic mass is 16.5. The summed E-state index contributed by atoms with van der Waals surface area (Å²) < 4.78 is 6.06. The van der Waals surface area contributed by atoms with Crippen molar-refractivity contribution in [2.45, 2.75) is 63.6 Å². The molecule has 0 spiro atoms. The van der Waals surface area contributed by atoms with Crippen LogP contribution in [0.25, 0.3) is 0 Å². The van der Waals surface area contributed by atoms with Gasteiger partial charge in [-0.2, -0.15) is 0 Å². The van der Waals surface area contributed by atoms with Crippen LogP contribution in [0.15, 0.2) is 0 Å². The van der Waals surface area contributed by atoms with Crippen molar-refractivity contribution in [1.82, 2.24) is 10.2 Å². The second kappa shape index (κ2) is 5.68. The van der Waals surface area contributed by atoms with Crippen LogP contribution in [-0.4, -0.2) is 49.3 Å². The van der Waals surface area contributed by atoms with Gasteiger partial charge in [-0.3, -0.25) is 4.90 Å². The number of likely N-dealkylation sites (N-methyl/N-ethyl adjacent to an activating group) is 1. The van der Waals surface area contributed by atoms with Crippen LogP contribution in [0.5, 0.6) is 0 Å². The highest BCUT2D eigenvalue weighted by Gasteiger charge is 2.38. The van der Waals surface area contributed by atoms with E-state index < -0.39 is 0 Å². The van der Waals surface area contributed by atoms with Gasteiger partial charge in [-0.25, -0.2) is 0 Å². The fraction of sp³-hybridized carbons (Fsp3) is 1.00. The Balaban J connectivity index is 1.93. The first-order chi connectivity index (χ1) is 8.23. The third-order valence-electron chi connectivity index (χ3n) is 4.90. The lowest BCUT2D eigenvalue weighted by molar-refractivity contribution is -0.108. The van der Waals surface area contributed by atoms with Crippen molar-refractivity contribution < 1.29 is 4.74 Å². The molecule has 1 N–H and O–H groups in total. The maximum Gasteiger partial charge on any atom is 0.0692 e. The first kappa shape index (κ1) is 13.3. The predicted molar refractivity (Wildman–Crippen MR) is 71.3 cm³/mol. The van der Waals surface area contributed by atoms with E-state index in [0.717, 1.165) is 25.5 Å². The molecule has 0 bridgehead atoms. The van der Waals surface area contributed by atoms with E-state index in [9.17, 15) is 0 Å².